The highest BCUT2D eigenvalue weighted by Gasteiger charge is 2.38. The third kappa shape index (κ3) is 4.89. The third-order valence-electron chi connectivity index (χ3n) is 6.93. The molecule has 13 heteroatoms. The monoisotopic (exact) mass is 606 g/mol. The number of anilines is 1. The van der Waals surface area contributed by atoms with Crippen LogP contribution in [-0.2, 0) is 10.3 Å². The van der Waals surface area contributed by atoms with Gasteiger partial charge in [0.25, 0.3) is 5.91 Å². The standard InChI is InChI=1S/C27H21BrF2N8O2/c28-18-3-8-25(37-16-31-34-36-37)22(13-18)26(39)32-20-6-7-23(30)21(14-20)24-15-38(35-33-24)27(9-11-40-12-10-27)17-1-4-19(29)5-2-17/h1-8,13-16H,9-12H2,(H,32,39). The first-order valence-corrected chi connectivity index (χ1v) is 13.1. The van der Waals surface area contributed by atoms with Gasteiger partial charge in [-0.25, -0.2) is 13.5 Å². The van der Waals surface area contributed by atoms with Gasteiger partial charge in [0, 0.05) is 41.8 Å². The fourth-order valence-electron chi connectivity index (χ4n) is 4.87. The Morgan fingerprint density at radius 2 is 1.80 bits per heavy atom. The van der Waals surface area contributed by atoms with Crippen LogP contribution < -0.4 is 5.32 Å². The molecular formula is C27H21BrF2N8O2. The molecule has 3 aromatic carbocycles. The predicted molar refractivity (Wildman–Crippen MR) is 144 cm³/mol. The Labute approximate surface area is 235 Å². The Bertz CT molecular complexity index is 1670. The van der Waals surface area contributed by atoms with Crippen LogP contribution >= 0.6 is 15.9 Å². The van der Waals surface area contributed by atoms with E-state index in [1.165, 1.54) is 41.3 Å². The van der Waals surface area contributed by atoms with Gasteiger partial charge in [-0.05, 0) is 64.5 Å². The van der Waals surface area contributed by atoms with Gasteiger partial charge < -0.3 is 10.1 Å². The zero-order chi connectivity index (χ0) is 27.7. The Hall–Kier alpha value is -4.36. The Kier molecular flexibility index (Phi) is 6.90. The SMILES string of the molecule is O=C(Nc1ccc(F)c(-c2cn(C3(c4ccc(F)cc4)CCOCC3)nn2)c1)c1cc(Br)ccc1-n1cnnn1. The summed E-state index contributed by atoms with van der Waals surface area (Å²) in [5.41, 5.74) is 1.84. The lowest BCUT2D eigenvalue weighted by molar-refractivity contribution is 0.0330. The van der Waals surface area contributed by atoms with E-state index in [-0.39, 0.29) is 11.4 Å². The first kappa shape index (κ1) is 25.9. The van der Waals surface area contributed by atoms with Crippen LogP contribution in [0.4, 0.5) is 14.5 Å². The van der Waals surface area contributed by atoms with Gasteiger partial charge in [0.2, 0.25) is 0 Å². The molecule has 1 aliphatic heterocycles. The Balaban J connectivity index is 1.31. The highest BCUT2D eigenvalue weighted by atomic mass is 79.9. The molecule has 0 saturated carbocycles. The lowest BCUT2D eigenvalue weighted by atomic mass is 9.83. The van der Waals surface area contributed by atoms with Crippen molar-refractivity contribution in [2.24, 2.45) is 0 Å². The van der Waals surface area contributed by atoms with E-state index < -0.39 is 17.3 Å². The number of halogens is 3. The largest absolute Gasteiger partial charge is 0.381 e. The number of aromatic nitrogens is 7. The van der Waals surface area contributed by atoms with E-state index in [1.54, 1.807) is 41.2 Å². The van der Waals surface area contributed by atoms with E-state index in [0.29, 0.717) is 53.2 Å². The highest BCUT2D eigenvalue weighted by molar-refractivity contribution is 9.10. The maximum absolute atomic E-state index is 15.0. The van der Waals surface area contributed by atoms with Gasteiger partial charge in [-0.3, -0.25) is 4.79 Å². The summed E-state index contributed by atoms with van der Waals surface area (Å²) >= 11 is 3.39. The number of hydrogen-bond donors (Lipinski definition) is 1. The summed E-state index contributed by atoms with van der Waals surface area (Å²) in [5.74, 6) is -1.30. The average molecular weight is 607 g/mol. The number of tetrazole rings is 1. The normalized spacial score (nSPS) is 14.7. The molecule has 1 amide bonds. The number of benzene rings is 3. The maximum Gasteiger partial charge on any atom is 0.257 e. The van der Waals surface area contributed by atoms with Gasteiger partial charge in [-0.1, -0.05) is 33.3 Å². The van der Waals surface area contributed by atoms with Crippen molar-refractivity contribution in [1.82, 2.24) is 35.2 Å². The molecule has 1 N–H and O–H groups in total. The number of amides is 1. The predicted octanol–water partition coefficient (Wildman–Crippen LogP) is 4.77. The molecule has 0 unspecified atom stereocenters. The van der Waals surface area contributed by atoms with Crippen molar-refractivity contribution < 1.29 is 18.3 Å². The van der Waals surface area contributed by atoms with Crippen molar-refractivity contribution in [2.45, 2.75) is 18.4 Å². The molecular weight excluding hydrogens is 586 g/mol. The van der Waals surface area contributed by atoms with E-state index in [1.807, 2.05) is 0 Å². The molecule has 1 saturated heterocycles. The van der Waals surface area contributed by atoms with Gasteiger partial charge in [-0.2, -0.15) is 4.68 Å². The van der Waals surface area contributed by atoms with Gasteiger partial charge in [-0.15, -0.1) is 10.2 Å². The van der Waals surface area contributed by atoms with Crippen LogP contribution in [0.3, 0.4) is 0 Å². The zero-order valence-corrected chi connectivity index (χ0v) is 22.4. The van der Waals surface area contributed by atoms with Gasteiger partial charge in [0.15, 0.2) is 0 Å². The minimum Gasteiger partial charge on any atom is -0.381 e. The smallest absolute Gasteiger partial charge is 0.257 e. The summed E-state index contributed by atoms with van der Waals surface area (Å²) in [4.78, 5) is 13.3. The number of nitrogens with one attached hydrogen (secondary N) is 1. The Morgan fingerprint density at radius 3 is 2.55 bits per heavy atom. The number of rotatable bonds is 6. The van der Waals surface area contributed by atoms with Gasteiger partial charge >= 0.3 is 0 Å². The van der Waals surface area contributed by atoms with Crippen molar-refractivity contribution in [2.75, 3.05) is 18.5 Å². The Morgan fingerprint density at radius 1 is 1.00 bits per heavy atom. The molecule has 0 radical (unpaired) electrons. The van der Waals surface area contributed by atoms with Crippen LogP contribution in [0.2, 0.25) is 0 Å². The number of carbonyl (C=O) groups excluding carboxylic acids is 1. The van der Waals surface area contributed by atoms with Crippen molar-refractivity contribution >= 4 is 27.5 Å². The van der Waals surface area contributed by atoms with Crippen molar-refractivity contribution in [3.05, 3.63) is 100 Å². The summed E-state index contributed by atoms with van der Waals surface area (Å²) < 4.78 is 38.1. The van der Waals surface area contributed by atoms with Gasteiger partial charge in [0.05, 0.1) is 23.0 Å². The lowest BCUT2D eigenvalue weighted by Gasteiger charge is -2.37. The lowest BCUT2D eigenvalue weighted by Crippen LogP contribution is -2.41. The second kappa shape index (κ2) is 10.7. The molecule has 40 heavy (non-hydrogen) atoms. The molecule has 6 rings (SSSR count). The van der Waals surface area contributed by atoms with E-state index in [0.717, 1.165) is 5.56 Å². The first-order valence-electron chi connectivity index (χ1n) is 12.3. The maximum atomic E-state index is 15.0. The molecule has 5 aromatic rings. The van der Waals surface area contributed by atoms with Crippen LogP contribution in [0.25, 0.3) is 16.9 Å². The molecule has 1 fully saturated rings. The summed E-state index contributed by atoms with van der Waals surface area (Å²) in [5, 5.41) is 22.6. The quantitative estimate of drug-likeness (QED) is 0.296. The van der Waals surface area contributed by atoms with Crippen molar-refractivity contribution in [1.29, 1.82) is 0 Å². The second-order valence-corrected chi connectivity index (χ2v) is 10.2. The minimum absolute atomic E-state index is 0.167. The van der Waals surface area contributed by atoms with Crippen LogP contribution in [0.15, 0.2) is 77.7 Å². The summed E-state index contributed by atoms with van der Waals surface area (Å²) in [6, 6.07) is 15.6. The summed E-state index contributed by atoms with van der Waals surface area (Å²) in [6.45, 7) is 0.982. The van der Waals surface area contributed by atoms with Crippen LogP contribution in [0.5, 0.6) is 0 Å². The fraction of sp³-hybridized carbons (Fsp3) is 0.185. The van der Waals surface area contributed by atoms with E-state index in [4.69, 9.17) is 4.74 Å². The number of ether oxygens (including phenoxy) is 1. The zero-order valence-electron chi connectivity index (χ0n) is 20.8. The topological polar surface area (TPSA) is 113 Å². The molecule has 0 aliphatic carbocycles. The summed E-state index contributed by atoms with van der Waals surface area (Å²) in [7, 11) is 0. The molecule has 202 valence electrons. The number of nitrogens with zero attached hydrogens (tertiary/aromatic N) is 7. The van der Waals surface area contributed by atoms with Crippen LogP contribution in [0, 0.1) is 11.6 Å². The number of carbonyl (C=O) groups is 1. The van der Waals surface area contributed by atoms with Gasteiger partial charge in [0.1, 0.15) is 23.7 Å². The molecule has 1 aliphatic rings. The third-order valence-corrected chi connectivity index (χ3v) is 7.43. The van der Waals surface area contributed by atoms with E-state index >= 15 is 4.39 Å². The van der Waals surface area contributed by atoms with Crippen LogP contribution in [-0.4, -0.2) is 54.3 Å². The van der Waals surface area contributed by atoms with E-state index in [9.17, 15) is 9.18 Å². The highest BCUT2D eigenvalue weighted by Crippen LogP contribution is 2.37. The molecule has 3 heterocycles. The second-order valence-electron chi connectivity index (χ2n) is 9.26. The molecule has 10 nitrogen and oxygen atoms in total. The molecule has 0 atom stereocenters. The average Bonchev–Trinajstić information content (AvgIpc) is 3.68. The van der Waals surface area contributed by atoms with Crippen LogP contribution in [0.1, 0.15) is 28.8 Å². The van der Waals surface area contributed by atoms with Crippen molar-refractivity contribution in [3.8, 4) is 16.9 Å². The van der Waals surface area contributed by atoms with E-state index in [2.05, 4.69) is 47.1 Å². The van der Waals surface area contributed by atoms with Crippen molar-refractivity contribution in [3.63, 3.8) is 0 Å². The first-order chi connectivity index (χ1) is 19.4. The molecule has 0 bridgehead atoms. The minimum atomic E-state index is -0.618. The summed E-state index contributed by atoms with van der Waals surface area (Å²) in [6.07, 6.45) is 4.24. The fourth-order valence-corrected chi connectivity index (χ4v) is 5.24. The molecule has 2 aromatic heterocycles. The number of hydrogen-bond acceptors (Lipinski definition) is 7. The molecule has 0 spiro atoms.